The first-order chi connectivity index (χ1) is 14.5. The summed E-state index contributed by atoms with van der Waals surface area (Å²) in [6.07, 6.45) is 35.7. The summed E-state index contributed by atoms with van der Waals surface area (Å²) in [5, 5.41) is 0. The van der Waals surface area contributed by atoms with E-state index in [1.54, 1.807) is 24.6 Å². The van der Waals surface area contributed by atoms with Crippen molar-refractivity contribution < 1.29 is 0 Å². The number of hydrogen-bond acceptors (Lipinski definition) is 0. The van der Waals surface area contributed by atoms with Crippen molar-refractivity contribution in [1.29, 1.82) is 0 Å². The van der Waals surface area contributed by atoms with Gasteiger partial charge in [-0.2, -0.15) is 0 Å². The van der Waals surface area contributed by atoms with E-state index in [1.165, 1.54) is 128 Å². The van der Waals surface area contributed by atoms with E-state index in [4.69, 9.17) is 0 Å². The van der Waals surface area contributed by atoms with Crippen LogP contribution in [0.3, 0.4) is 0 Å². The second-order valence-electron chi connectivity index (χ2n) is 10.4. The average Bonchev–Trinajstić information content (AvgIpc) is 2.74. The van der Waals surface area contributed by atoms with E-state index < -0.39 is 4.25 Å². The summed E-state index contributed by atoms with van der Waals surface area (Å²) < 4.78 is -1.55. The molecule has 0 rings (SSSR count). The summed E-state index contributed by atoms with van der Waals surface area (Å²) in [7, 11) is 0. The van der Waals surface area contributed by atoms with Crippen LogP contribution in [0.4, 0.5) is 0 Å². The molecule has 184 valence electrons. The maximum atomic E-state index is 3.17. The third-order valence-electron chi connectivity index (χ3n) is 7.28. The summed E-state index contributed by atoms with van der Waals surface area (Å²) in [6.45, 7) is 9.41. The molecule has 0 radical (unpaired) electrons. The Kier molecular flexibility index (Phi) is 21.5. The molecule has 0 aliphatic heterocycles. The molecule has 0 aromatic rings. The van der Waals surface area contributed by atoms with E-state index in [9.17, 15) is 0 Å². The Morgan fingerprint density at radius 2 is 0.533 bits per heavy atom. The third kappa shape index (κ3) is 16.7. The van der Waals surface area contributed by atoms with Gasteiger partial charge in [-0.1, -0.05) is 0 Å². The minimum atomic E-state index is -1.55. The van der Waals surface area contributed by atoms with Crippen LogP contribution in [-0.4, -0.2) is 24.6 Å². The quantitative estimate of drug-likeness (QED) is 0.0632. The van der Waals surface area contributed by atoms with Gasteiger partial charge >= 0.3 is 207 Å². The Hall–Kier alpha value is 1.16. The van der Waals surface area contributed by atoms with Gasteiger partial charge in [-0.3, -0.25) is 0 Å². The molecule has 0 N–H and O–H groups in total. The molecular formula is C28H60IP. The van der Waals surface area contributed by atoms with Crippen LogP contribution in [0.5, 0.6) is 0 Å². The number of rotatable bonds is 24. The van der Waals surface area contributed by atoms with Crippen molar-refractivity contribution in [3.05, 3.63) is 0 Å². The fourth-order valence-corrected chi connectivity index (χ4v) is 14.6. The van der Waals surface area contributed by atoms with E-state index in [2.05, 4.69) is 49.7 Å². The van der Waals surface area contributed by atoms with Gasteiger partial charge in [-0.25, -0.2) is 0 Å². The topological polar surface area (TPSA) is 0 Å². The molecule has 0 saturated heterocycles. The predicted octanol–water partition coefficient (Wildman–Crippen LogP) is 11.8. The Morgan fingerprint density at radius 3 is 0.800 bits per heavy atom. The molecule has 0 aliphatic rings. The molecular weight excluding hydrogens is 494 g/mol. The molecule has 0 heterocycles. The van der Waals surface area contributed by atoms with Gasteiger partial charge in [0.05, 0.1) is 0 Å². The van der Waals surface area contributed by atoms with Crippen LogP contribution < -0.4 is 0 Å². The molecule has 0 spiro atoms. The zero-order valence-electron chi connectivity index (χ0n) is 21.8. The number of unbranched alkanes of at least 4 members (excludes halogenated alkanes) is 16. The van der Waals surface area contributed by atoms with Crippen molar-refractivity contribution in [2.75, 3.05) is 24.6 Å². The molecule has 2 heteroatoms. The van der Waals surface area contributed by atoms with Crippen LogP contribution in [0.15, 0.2) is 0 Å². The van der Waals surface area contributed by atoms with Crippen molar-refractivity contribution in [2.24, 2.45) is 0 Å². The Labute approximate surface area is 206 Å². The predicted molar refractivity (Wildman–Crippen MR) is 155 cm³/mol. The maximum absolute atomic E-state index is 3.17. The summed E-state index contributed by atoms with van der Waals surface area (Å²) in [4.78, 5) is 0. The first-order valence-corrected chi connectivity index (χ1v) is 20.0. The molecule has 0 amide bonds. The molecule has 0 atom stereocenters. The van der Waals surface area contributed by atoms with E-state index in [1.807, 2.05) is 0 Å². The van der Waals surface area contributed by atoms with Crippen LogP contribution in [0.1, 0.15) is 156 Å². The molecule has 0 bridgehead atoms. The van der Waals surface area contributed by atoms with Gasteiger partial charge in [0.25, 0.3) is 0 Å². The van der Waals surface area contributed by atoms with Gasteiger partial charge in [-0.15, -0.1) is 0 Å². The second kappa shape index (κ2) is 20.7. The zero-order valence-corrected chi connectivity index (χ0v) is 24.8. The van der Waals surface area contributed by atoms with E-state index in [0.717, 1.165) is 0 Å². The van der Waals surface area contributed by atoms with Crippen LogP contribution >= 0.6 is 26.3 Å². The van der Waals surface area contributed by atoms with Crippen LogP contribution in [0.25, 0.3) is 0 Å². The van der Waals surface area contributed by atoms with Crippen molar-refractivity contribution in [2.45, 2.75) is 156 Å². The second-order valence-corrected chi connectivity index (χ2v) is 24.0. The van der Waals surface area contributed by atoms with Crippen molar-refractivity contribution in [1.82, 2.24) is 0 Å². The molecule has 0 aromatic carbocycles. The van der Waals surface area contributed by atoms with Crippen LogP contribution in [0.2, 0.25) is 0 Å². The fourth-order valence-electron chi connectivity index (χ4n) is 5.11. The molecule has 0 saturated carbocycles. The number of hydrogen-bond donors (Lipinski definition) is 0. The van der Waals surface area contributed by atoms with E-state index >= 15 is 0 Å². The Balaban J connectivity index is 4.82. The SMILES string of the molecule is CCCCCCCCCCP(I)(CCCCCC)(CCCCCC)CCCCCC. The Morgan fingerprint density at radius 1 is 0.333 bits per heavy atom. The average molecular weight is 555 g/mol. The molecule has 0 unspecified atom stereocenters. The monoisotopic (exact) mass is 554 g/mol. The van der Waals surface area contributed by atoms with Gasteiger partial charge in [0.2, 0.25) is 0 Å². The van der Waals surface area contributed by atoms with Crippen LogP contribution in [-0.2, 0) is 0 Å². The standard InChI is InChI=1S/C28H60IP/c1-5-9-13-17-18-19-20-24-28-30(29,25-21-14-10-6-2,26-22-15-11-7-3)27-23-16-12-8-4/h5-28H2,1-4H3. The van der Waals surface area contributed by atoms with Gasteiger partial charge in [-0.05, 0) is 0 Å². The van der Waals surface area contributed by atoms with Crippen molar-refractivity contribution >= 4 is 26.3 Å². The van der Waals surface area contributed by atoms with Gasteiger partial charge in [0, 0.05) is 0 Å². The minimum absolute atomic E-state index is 1.37. The summed E-state index contributed by atoms with van der Waals surface area (Å²) >= 11 is 3.17. The summed E-state index contributed by atoms with van der Waals surface area (Å²) in [5.74, 6) is 0. The summed E-state index contributed by atoms with van der Waals surface area (Å²) in [5.41, 5.74) is 0. The molecule has 0 fully saturated rings. The van der Waals surface area contributed by atoms with Gasteiger partial charge in [0.1, 0.15) is 0 Å². The normalized spacial score (nSPS) is 13.4. The van der Waals surface area contributed by atoms with Crippen molar-refractivity contribution in [3.63, 3.8) is 0 Å². The first-order valence-electron chi connectivity index (χ1n) is 14.3. The Bertz CT molecular complexity index is 321. The van der Waals surface area contributed by atoms with Crippen molar-refractivity contribution in [3.8, 4) is 0 Å². The van der Waals surface area contributed by atoms with E-state index in [0.29, 0.717) is 0 Å². The van der Waals surface area contributed by atoms with E-state index in [-0.39, 0.29) is 0 Å². The summed E-state index contributed by atoms with van der Waals surface area (Å²) in [6, 6.07) is 0. The fraction of sp³-hybridized carbons (Fsp3) is 1.00. The third-order valence-corrected chi connectivity index (χ3v) is 18.8. The van der Waals surface area contributed by atoms with Gasteiger partial charge < -0.3 is 0 Å². The first kappa shape index (κ1) is 31.2. The zero-order chi connectivity index (χ0) is 22.4. The molecule has 0 aliphatic carbocycles. The van der Waals surface area contributed by atoms with Crippen LogP contribution in [0, 0.1) is 0 Å². The molecule has 0 nitrogen and oxygen atoms in total. The molecule has 30 heavy (non-hydrogen) atoms. The number of halogens is 1. The molecule has 0 aromatic heterocycles. The van der Waals surface area contributed by atoms with Gasteiger partial charge in [0.15, 0.2) is 0 Å².